The molecule has 1 aromatic carbocycles. The van der Waals surface area contributed by atoms with Crippen LogP contribution in [-0.4, -0.2) is 37.9 Å². The second-order valence-corrected chi connectivity index (χ2v) is 10.4. The maximum absolute atomic E-state index is 12.7. The number of hydrogen-bond donors (Lipinski definition) is 0. The van der Waals surface area contributed by atoms with Gasteiger partial charge in [-0.1, -0.05) is 11.6 Å². The molecule has 4 aromatic rings. The minimum Gasteiger partial charge on any atom is -0.459 e. The highest BCUT2D eigenvalue weighted by atomic mass is 35.5. The number of fused-ring (bicyclic) bond motifs is 1. The van der Waals surface area contributed by atoms with Crippen LogP contribution in [0.5, 0.6) is 0 Å². The van der Waals surface area contributed by atoms with Crippen molar-refractivity contribution in [1.29, 1.82) is 0 Å². The van der Waals surface area contributed by atoms with Crippen molar-refractivity contribution in [2.45, 2.75) is 45.1 Å². The van der Waals surface area contributed by atoms with Gasteiger partial charge in [-0.15, -0.1) is 5.10 Å². The lowest BCUT2D eigenvalue weighted by molar-refractivity contribution is -0.152. The van der Waals surface area contributed by atoms with Crippen LogP contribution < -0.4 is 4.31 Å². The van der Waals surface area contributed by atoms with Gasteiger partial charge in [-0.05, 0) is 95.1 Å². The molecule has 0 amide bonds. The van der Waals surface area contributed by atoms with Crippen LogP contribution in [0.4, 0.5) is 5.69 Å². The monoisotopic (exact) mass is 495 g/mol. The van der Waals surface area contributed by atoms with Crippen LogP contribution in [0.15, 0.2) is 59.6 Å². The van der Waals surface area contributed by atoms with Crippen LogP contribution in [-0.2, 0) is 9.53 Å². The van der Waals surface area contributed by atoms with Crippen LogP contribution in [0.2, 0.25) is 5.15 Å². The van der Waals surface area contributed by atoms with E-state index in [1.165, 1.54) is 11.9 Å². The average Bonchev–Trinajstić information content (AvgIpc) is 3.15. The van der Waals surface area contributed by atoms with E-state index in [2.05, 4.69) is 15.2 Å². The first-order valence-electron chi connectivity index (χ1n) is 10.8. The summed E-state index contributed by atoms with van der Waals surface area (Å²) in [5, 5.41) is 9.88. The molecule has 34 heavy (non-hydrogen) atoms. The highest BCUT2D eigenvalue weighted by Crippen LogP contribution is 2.33. The predicted octanol–water partition coefficient (Wildman–Crippen LogP) is 5.94. The van der Waals surface area contributed by atoms with E-state index in [1.54, 1.807) is 6.07 Å². The molecule has 3 aromatic heterocycles. The van der Waals surface area contributed by atoms with Gasteiger partial charge in [0, 0.05) is 27.9 Å². The normalized spacial score (nSPS) is 11.6. The van der Waals surface area contributed by atoms with Crippen LogP contribution in [0, 0.1) is 13.8 Å². The smallest absolute Gasteiger partial charge is 0.327 e. The number of hydrogen-bond acceptors (Lipinski definition) is 7. The molecule has 3 heterocycles. The van der Waals surface area contributed by atoms with E-state index in [0.29, 0.717) is 5.15 Å². The van der Waals surface area contributed by atoms with Gasteiger partial charge in [-0.25, -0.2) is 4.98 Å². The van der Waals surface area contributed by atoms with E-state index in [-0.39, 0.29) is 12.5 Å². The van der Waals surface area contributed by atoms with Crippen LogP contribution >= 0.6 is 23.5 Å². The fraction of sp³-hybridized carbons (Fsp3) is 0.280. The molecule has 0 spiro atoms. The first-order chi connectivity index (χ1) is 16.1. The Balaban J connectivity index is 1.68. The molecule has 0 saturated carbocycles. The Bertz CT molecular complexity index is 1310. The summed E-state index contributed by atoms with van der Waals surface area (Å²) in [5.41, 5.74) is 2.96. The van der Waals surface area contributed by atoms with Crippen molar-refractivity contribution in [3.05, 3.63) is 71.3 Å². The van der Waals surface area contributed by atoms with Crippen LogP contribution in [0.1, 0.15) is 32.2 Å². The summed E-state index contributed by atoms with van der Waals surface area (Å²) in [4.78, 5) is 17.8. The van der Waals surface area contributed by atoms with Crippen molar-refractivity contribution in [3.8, 4) is 5.82 Å². The Morgan fingerprint density at radius 3 is 2.53 bits per heavy atom. The number of rotatable bonds is 6. The summed E-state index contributed by atoms with van der Waals surface area (Å²) >= 11 is 7.59. The summed E-state index contributed by atoms with van der Waals surface area (Å²) in [5.74, 6) is 0.430. The standard InChI is InChI=1S/C25H26ClN5O2S/c1-16-6-9-23(29-28-16)30-11-10-18-13-19(7-8-21(18)30)31(15-24(32)33-25(3,4)5)34-20-12-17(2)27-22(26)14-20/h6-14H,15H2,1-5H3. The predicted molar refractivity (Wildman–Crippen MR) is 137 cm³/mol. The van der Waals surface area contributed by atoms with E-state index < -0.39 is 5.60 Å². The maximum Gasteiger partial charge on any atom is 0.327 e. The van der Waals surface area contributed by atoms with E-state index in [4.69, 9.17) is 16.3 Å². The molecule has 0 bridgehead atoms. The number of nitrogens with zero attached hydrogens (tertiary/aromatic N) is 5. The molecular weight excluding hydrogens is 470 g/mol. The molecule has 0 fully saturated rings. The van der Waals surface area contributed by atoms with Crippen molar-refractivity contribution < 1.29 is 9.53 Å². The number of benzene rings is 1. The van der Waals surface area contributed by atoms with E-state index in [9.17, 15) is 4.79 Å². The van der Waals surface area contributed by atoms with Gasteiger partial charge in [0.2, 0.25) is 0 Å². The third-order valence-electron chi connectivity index (χ3n) is 4.80. The Hall–Kier alpha value is -3.10. The Morgan fingerprint density at radius 1 is 1.06 bits per heavy atom. The molecular formula is C25H26ClN5O2S. The van der Waals surface area contributed by atoms with Gasteiger partial charge in [0.25, 0.3) is 0 Å². The quantitative estimate of drug-likeness (QED) is 0.186. The summed E-state index contributed by atoms with van der Waals surface area (Å²) in [6, 6.07) is 15.6. The lowest BCUT2D eigenvalue weighted by atomic mass is 10.2. The van der Waals surface area contributed by atoms with E-state index in [0.717, 1.165) is 38.7 Å². The van der Waals surface area contributed by atoms with Gasteiger partial charge >= 0.3 is 5.97 Å². The fourth-order valence-electron chi connectivity index (χ4n) is 3.45. The zero-order chi connectivity index (χ0) is 24.5. The SMILES string of the molecule is Cc1ccc(-n2ccc3cc(N(CC(=O)OC(C)(C)C)Sc4cc(C)nc(Cl)c4)ccc32)nn1. The number of halogens is 1. The molecule has 0 radical (unpaired) electrons. The fourth-order valence-corrected chi connectivity index (χ4v) is 4.80. The van der Waals surface area contributed by atoms with Crippen LogP contribution in [0.3, 0.4) is 0 Å². The molecule has 0 saturated heterocycles. The molecule has 7 nitrogen and oxygen atoms in total. The molecule has 0 unspecified atom stereocenters. The first-order valence-corrected chi connectivity index (χ1v) is 12.0. The van der Waals surface area contributed by atoms with E-state index in [1.807, 2.05) is 92.2 Å². The zero-order valence-corrected chi connectivity index (χ0v) is 21.3. The zero-order valence-electron chi connectivity index (χ0n) is 19.7. The van der Waals surface area contributed by atoms with E-state index >= 15 is 0 Å². The number of anilines is 1. The second kappa shape index (κ2) is 9.64. The van der Waals surface area contributed by atoms with Crippen molar-refractivity contribution >= 4 is 46.1 Å². The van der Waals surface area contributed by atoms with Gasteiger partial charge in [-0.2, -0.15) is 5.10 Å². The minimum atomic E-state index is -0.569. The minimum absolute atomic E-state index is 0.0661. The summed E-state index contributed by atoms with van der Waals surface area (Å²) in [6.45, 7) is 9.43. The highest BCUT2D eigenvalue weighted by molar-refractivity contribution is 8.00. The van der Waals surface area contributed by atoms with Crippen molar-refractivity contribution in [1.82, 2.24) is 19.7 Å². The average molecular weight is 496 g/mol. The van der Waals surface area contributed by atoms with Crippen LogP contribution in [0.25, 0.3) is 16.7 Å². The molecule has 4 rings (SSSR count). The Labute approximate surface area is 208 Å². The number of aromatic nitrogens is 4. The number of aryl methyl sites for hydroxylation is 2. The van der Waals surface area contributed by atoms with Crippen molar-refractivity contribution in [2.24, 2.45) is 0 Å². The number of ether oxygens (including phenoxy) is 1. The number of esters is 1. The molecule has 0 aliphatic rings. The highest BCUT2D eigenvalue weighted by Gasteiger charge is 2.21. The lowest BCUT2D eigenvalue weighted by Crippen LogP contribution is -2.31. The molecule has 0 aliphatic heterocycles. The summed E-state index contributed by atoms with van der Waals surface area (Å²) < 4.78 is 9.48. The van der Waals surface area contributed by atoms with Gasteiger partial charge < -0.3 is 9.04 Å². The second-order valence-electron chi connectivity index (χ2n) is 8.94. The van der Waals surface area contributed by atoms with Gasteiger partial charge in [0.05, 0.1) is 11.2 Å². The molecule has 9 heteroatoms. The molecule has 0 atom stereocenters. The maximum atomic E-state index is 12.7. The van der Waals surface area contributed by atoms with Gasteiger partial charge in [0.15, 0.2) is 5.82 Å². The first kappa shape index (κ1) is 24.0. The Morgan fingerprint density at radius 2 is 1.85 bits per heavy atom. The van der Waals surface area contributed by atoms with Crippen molar-refractivity contribution in [3.63, 3.8) is 0 Å². The lowest BCUT2D eigenvalue weighted by Gasteiger charge is -2.26. The number of carbonyl (C=O) groups is 1. The van der Waals surface area contributed by atoms with Gasteiger partial charge in [-0.3, -0.25) is 9.36 Å². The molecule has 0 N–H and O–H groups in total. The topological polar surface area (TPSA) is 73.1 Å². The van der Waals surface area contributed by atoms with Gasteiger partial charge in [0.1, 0.15) is 17.3 Å². The van der Waals surface area contributed by atoms with Crippen molar-refractivity contribution in [2.75, 3.05) is 10.8 Å². The molecule has 176 valence electrons. The Kier molecular flexibility index (Phi) is 6.81. The summed E-state index contributed by atoms with van der Waals surface area (Å²) in [7, 11) is 0. The largest absolute Gasteiger partial charge is 0.459 e. The number of carbonyl (C=O) groups excluding carboxylic acids is 1. The molecule has 0 aliphatic carbocycles. The third-order valence-corrected chi connectivity index (χ3v) is 6.00. The summed E-state index contributed by atoms with van der Waals surface area (Å²) in [6.07, 6.45) is 1.96. The number of pyridine rings is 1. The third kappa shape index (κ3) is 5.87.